The van der Waals surface area contributed by atoms with E-state index in [1.54, 1.807) is 23.5 Å². The van der Waals surface area contributed by atoms with E-state index in [1.165, 1.54) is 42.5 Å². The van der Waals surface area contributed by atoms with Crippen molar-refractivity contribution in [1.82, 2.24) is 14.5 Å². The molecule has 4 rings (SSSR count). The average molecular weight is 428 g/mol. The van der Waals surface area contributed by atoms with Crippen LogP contribution in [0.15, 0.2) is 72.1 Å². The minimum atomic E-state index is -4.03. The molecule has 1 N–H and O–H groups in total. The molecule has 1 aliphatic heterocycles. The van der Waals surface area contributed by atoms with Crippen LogP contribution in [0.1, 0.15) is 29.2 Å². The first kappa shape index (κ1) is 20.1. The van der Waals surface area contributed by atoms with E-state index >= 15 is 0 Å². The summed E-state index contributed by atoms with van der Waals surface area (Å²) in [7, 11) is -4.03. The van der Waals surface area contributed by atoms with Crippen molar-refractivity contribution < 1.29 is 17.6 Å². The van der Waals surface area contributed by atoms with E-state index in [-0.39, 0.29) is 22.1 Å². The van der Waals surface area contributed by atoms with E-state index in [0.717, 1.165) is 12.8 Å². The number of para-hydroxylation sites is 1. The zero-order valence-electron chi connectivity index (χ0n) is 16.1. The minimum Gasteiger partial charge on any atom is -0.338 e. The van der Waals surface area contributed by atoms with E-state index in [9.17, 15) is 17.6 Å². The molecule has 1 aromatic heterocycles. The number of aromatic nitrogens is 2. The number of benzene rings is 2. The maximum absolute atomic E-state index is 13.8. The fourth-order valence-corrected chi connectivity index (χ4v) is 4.69. The van der Waals surface area contributed by atoms with Gasteiger partial charge in [-0.05, 0) is 43.2 Å². The van der Waals surface area contributed by atoms with Gasteiger partial charge in [-0.15, -0.1) is 0 Å². The van der Waals surface area contributed by atoms with Crippen LogP contribution in [0.2, 0.25) is 0 Å². The molecule has 0 unspecified atom stereocenters. The van der Waals surface area contributed by atoms with Crippen molar-refractivity contribution in [3.05, 3.63) is 78.6 Å². The number of likely N-dealkylation sites (tertiary alicyclic amines) is 1. The first-order chi connectivity index (χ1) is 14.4. The van der Waals surface area contributed by atoms with Gasteiger partial charge in [0, 0.05) is 37.1 Å². The maximum Gasteiger partial charge on any atom is 0.262 e. The summed E-state index contributed by atoms with van der Waals surface area (Å²) in [6.07, 6.45) is 7.03. The van der Waals surface area contributed by atoms with Gasteiger partial charge in [-0.2, -0.15) is 0 Å². The van der Waals surface area contributed by atoms with Crippen LogP contribution < -0.4 is 4.72 Å². The number of nitrogens with zero attached hydrogens (tertiary/aromatic N) is 3. The lowest BCUT2D eigenvalue weighted by Gasteiger charge is -2.32. The lowest BCUT2D eigenvalue weighted by molar-refractivity contribution is 0.0694. The Hall–Kier alpha value is -3.20. The zero-order chi connectivity index (χ0) is 21.1. The van der Waals surface area contributed by atoms with Gasteiger partial charge >= 0.3 is 0 Å². The summed E-state index contributed by atoms with van der Waals surface area (Å²) in [5, 5.41) is 0. The predicted molar refractivity (Wildman–Crippen MR) is 110 cm³/mol. The van der Waals surface area contributed by atoms with Gasteiger partial charge < -0.3 is 9.47 Å². The molecule has 1 fully saturated rings. The summed E-state index contributed by atoms with van der Waals surface area (Å²) in [6.45, 7) is 1.15. The van der Waals surface area contributed by atoms with Crippen LogP contribution in [0.5, 0.6) is 0 Å². The number of amides is 1. The fraction of sp³-hybridized carbons (Fsp3) is 0.238. The number of rotatable bonds is 5. The van der Waals surface area contributed by atoms with E-state index in [1.807, 2.05) is 10.8 Å². The molecule has 0 spiro atoms. The summed E-state index contributed by atoms with van der Waals surface area (Å²) in [6, 6.07) is 11.6. The van der Waals surface area contributed by atoms with Crippen LogP contribution in [-0.4, -0.2) is 41.9 Å². The Morgan fingerprint density at radius 1 is 1.10 bits per heavy atom. The number of nitrogens with one attached hydrogen (secondary N) is 1. The second kappa shape index (κ2) is 8.27. The molecule has 0 radical (unpaired) electrons. The SMILES string of the molecule is O=C(c1cccc(S(=O)(=O)Nc2ccccc2F)c1)N1CCC(n2ccnc2)CC1. The van der Waals surface area contributed by atoms with Crippen molar-refractivity contribution in [3.63, 3.8) is 0 Å². The number of anilines is 1. The Morgan fingerprint density at radius 3 is 2.57 bits per heavy atom. The maximum atomic E-state index is 13.8. The number of halogens is 1. The number of sulfonamides is 1. The Labute approximate surface area is 174 Å². The molecule has 1 saturated heterocycles. The molecule has 2 aromatic carbocycles. The molecule has 2 heterocycles. The van der Waals surface area contributed by atoms with E-state index < -0.39 is 15.8 Å². The van der Waals surface area contributed by atoms with Gasteiger partial charge in [0.25, 0.3) is 15.9 Å². The molecular formula is C21H21FN4O3S. The third-order valence-electron chi connectivity index (χ3n) is 5.21. The molecule has 0 saturated carbocycles. The van der Waals surface area contributed by atoms with Crippen molar-refractivity contribution >= 4 is 21.6 Å². The van der Waals surface area contributed by atoms with Crippen LogP contribution >= 0.6 is 0 Å². The van der Waals surface area contributed by atoms with Gasteiger partial charge in [0.05, 0.1) is 16.9 Å². The summed E-state index contributed by atoms with van der Waals surface area (Å²) >= 11 is 0. The Morgan fingerprint density at radius 2 is 1.87 bits per heavy atom. The second-order valence-electron chi connectivity index (χ2n) is 7.15. The van der Waals surface area contributed by atoms with Gasteiger partial charge in [0.15, 0.2) is 0 Å². The van der Waals surface area contributed by atoms with E-state index in [2.05, 4.69) is 9.71 Å². The third kappa shape index (κ3) is 4.20. The molecule has 1 aliphatic rings. The number of piperidine rings is 1. The van der Waals surface area contributed by atoms with Crippen LogP contribution in [0, 0.1) is 5.82 Å². The quantitative estimate of drug-likeness (QED) is 0.676. The first-order valence-electron chi connectivity index (χ1n) is 9.58. The Bertz CT molecular complexity index is 1140. The molecule has 0 bridgehead atoms. The number of carbonyl (C=O) groups excluding carboxylic acids is 1. The summed E-state index contributed by atoms with van der Waals surface area (Å²) < 4.78 is 43.4. The highest BCUT2D eigenvalue weighted by molar-refractivity contribution is 7.92. The highest BCUT2D eigenvalue weighted by atomic mass is 32.2. The van der Waals surface area contributed by atoms with Crippen molar-refractivity contribution in [2.75, 3.05) is 17.8 Å². The number of imidazole rings is 1. The van der Waals surface area contributed by atoms with Gasteiger partial charge in [0.2, 0.25) is 0 Å². The highest BCUT2D eigenvalue weighted by Gasteiger charge is 2.25. The van der Waals surface area contributed by atoms with Gasteiger partial charge in [-0.1, -0.05) is 18.2 Å². The molecule has 30 heavy (non-hydrogen) atoms. The van der Waals surface area contributed by atoms with Gasteiger partial charge in [-0.25, -0.2) is 17.8 Å². The summed E-state index contributed by atoms with van der Waals surface area (Å²) in [5.74, 6) is -0.893. The van der Waals surface area contributed by atoms with E-state index in [4.69, 9.17) is 0 Å². The largest absolute Gasteiger partial charge is 0.338 e. The molecule has 7 nitrogen and oxygen atoms in total. The van der Waals surface area contributed by atoms with Gasteiger partial charge in [0.1, 0.15) is 5.82 Å². The molecule has 9 heteroatoms. The predicted octanol–water partition coefficient (Wildman–Crippen LogP) is 3.30. The Kier molecular flexibility index (Phi) is 5.54. The zero-order valence-corrected chi connectivity index (χ0v) is 16.9. The minimum absolute atomic E-state index is 0.0927. The van der Waals surface area contributed by atoms with Crippen molar-refractivity contribution in [2.45, 2.75) is 23.8 Å². The Balaban J connectivity index is 1.48. The first-order valence-corrected chi connectivity index (χ1v) is 11.1. The smallest absolute Gasteiger partial charge is 0.262 e. The van der Waals surface area contributed by atoms with Crippen LogP contribution in [0.25, 0.3) is 0 Å². The number of hydrogen-bond donors (Lipinski definition) is 1. The summed E-state index contributed by atoms with van der Waals surface area (Å²) in [4.78, 5) is 18.6. The normalized spacial score (nSPS) is 15.2. The molecule has 3 aromatic rings. The molecular weight excluding hydrogens is 407 g/mol. The number of hydrogen-bond acceptors (Lipinski definition) is 4. The second-order valence-corrected chi connectivity index (χ2v) is 8.83. The highest BCUT2D eigenvalue weighted by Crippen LogP contribution is 2.24. The molecule has 0 aliphatic carbocycles. The van der Waals surface area contributed by atoms with Gasteiger partial charge in [-0.3, -0.25) is 9.52 Å². The number of carbonyl (C=O) groups is 1. The summed E-state index contributed by atoms with van der Waals surface area (Å²) in [5.41, 5.74) is 0.142. The van der Waals surface area contributed by atoms with Crippen LogP contribution in [0.3, 0.4) is 0 Å². The average Bonchev–Trinajstić information content (AvgIpc) is 3.30. The molecule has 1 amide bonds. The topological polar surface area (TPSA) is 84.3 Å². The standard InChI is InChI=1S/C21H21FN4O3S/c22-19-6-1-2-7-20(19)24-30(28,29)18-5-3-4-16(14-18)21(27)25-11-8-17(9-12-25)26-13-10-23-15-26/h1-7,10,13-15,17,24H,8-9,11-12H2. The molecule has 156 valence electrons. The lowest BCUT2D eigenvalue weighted by Crippen LogP contribution is -2.39. The lowest BCUT2D eigenvalue weighted by atomic mass is 10.0. The van der Waals surface area contributed by atoms with Crippen LogP contribution in [-0.2, 0) is 10.0 Å². The molecule has 0 atom stereocenters. The van der Waals surface area contributed by atoms with E-state index in [0.29, 0.717) is 19.1 Å². The van der Waals surface area contributed by atoms with Crippen LogP contribution in [0.4, 0.5) is 10.1 Å². The fourth-order valence-electron chi connectivity index (χ4n) is 3.58. The monoisotopic (exact) mass is 428 g/mol. The third-order valence-corrected chi connectivity index (χ3v) is 6.57. The van der Waals surface area contributed by atoms with Crippen molar-refractivity contribution in [3.8, 4) is 0 Å². The van der Waals surface area contributed by atoms with Crippen molar-refractivity contribution in [2.24, 2.45) is 0 Å². The van der Waals surface area contributed by atoms with Crippen molar-refractivity contribution in [1.29, 1.82) is 0 Å².